The largest absolute Gasteiger partial charge is 0.369 e. The van der Waals surface area contributed by atoms with Crippen LogP contribution in [0, 0.1) is 6.92 Å². The van der Waals surface area contributed by atoms with Crippen LogP contribution in [0.2, 0.25) is 5.02 Å². The van der Waals surface area contributed by atoms with Gasteiger partial charge in [-0.2, -0.15) is 0 Å². The van der Waals surface area contributed by atoms with Gasteiger partial charge in [0.25, 0.3) is 0 Å². The maximum Gasteiger partial charge on any atom is 0.0458 e. The summed E-state index contributed by atoms with van der Waals surface area (Å²) in [5.74, 6) is 0. The van der Waals surface area contributed by atoms with Crippen LogP contribution >= 0.6 is 11.6 Å². The molecule has 15 heavy (non-hydrogen) atoms. The molecular formula is C12H16ClN2. The average Bonchev–Trinajstić information content (AvgIpc) is 2.23. The van der Waals surface area contributed by atoms with Gasteiger partial charge in [0.05, 0.1) is 0 Å². The van der Waals surface area contributed by atoms with E-state index in [0.29, 0.717) is 0 Å². The second kappa shape index (κ2) is 4.42. The molecule has 0 aliphatic carbocycles. The van der Waals surface area contributed by atoms with Gasteiger partial charge in [-0.1, -0.05) is 17.7 Å². The summed E-state index contributed by atoms with van der Waals surface area (Å²) in [6, 6.07) is 6.09. The third-order valence-electron chi connectivity index (χ3n) is 2.91. The van der Waals surface area contributed by atoms with Gasteiger partial charge in [0, 0.05) is 36.9 Å². The SMILES string of the molecule is [CH2]c1ccc(N2CCN(C)CC2)cc1Cl. The van der Waals surface area contributed by atoms with Gasteiger partial charge in [0.15, 0.2) is 0 Å². The molecule has 3 heteroatoms. The van der Waals surface area contributed by atoms with Crippen LogP contribution in [0.15, 0.2) is 18.2 Å². The lowest BCUT2D eigenvalue weighted by molar-refractivity contribution is 0.313. The number of benzene rings is 1. The lowest BCUT2D eigenvalue weighted by atomic mass is 10.2. The Morgan fingerprint density at radius 3 is 2.47 bits per heavy atom. The zero-order chi connectivity index (χ0) is 10.8. The van der Waals surface area contributed by atoms with E-state index in [1.807, 2.05) is 12.1 Å². The highest BCUT2D eigenvalue weighted by Crippen LogP contribution is 2.23. The molecule has 1 aromatic rings. The van der Waals surface area contributed by atoms with E-state index < -0.39 is 0 Å². The second-order valence-electron chi connectivity index (χ2n) is 4.07. The number of piperazine rings is 1. The van der Waals surface area contributed by atoms with E-state index in [9.17, 15) is 0 Å². The third-order valence-corrected chi connectivity index (χ3v) is 3.26. The molecule has 1 aromatic carbocycles. The summed E-state index contributed by atoms with van der Waals surface area (Å²) >= 11 is 6.06. The van der Waals surface area contributed by atoms with Crippen molar-refractivity contribution in [2.75, 3.05) is 38.1 Å². The molecule has 81 valence electrons. The third kappa shape index (κ3) is 2.44. The first-order valence-corrected chi connectivity index (χ1v) is 5.59. The maximum absolute atomic E-state index is 6.06. The van der Waals surface area contributed by atoms with E-state index in [-0.39, 0.29) is 0 Å². The van der Waals surface area contributed by atoms with Crippen molar-refractivity contribution >= 4 is 17.3 Å². The minimum absolute atomic E-state index is 0.756. The molecule has 1 aliphatic rings. The van der Waals surface area contributed by atoms with Crippen molar-refractivity contribution in [1.82, 2.24) is 4.90 Å². The number of anilines is 1. The lowest BCUT2D eigenvalue weighted by Gasteiger charge is -2.34. The molecule has 0 atom stereocenters. The van der Waals surface area contributed by atoms with Crippen LogP contribution in [0.3, 0.4) is 0 Å². The van der Waals surface area contributed by atoms with Crippen molar-refractivity contribution in [1.29, 1.82) is 0 Å². The minimum Gasteiger partial charge on any atom is -0.369 e. The molecule has 0 bridgehead atoms. The zero-order valence-electron chi connectivity index (χ0n) is 9.04. The van der Waals surface area contributed by atoms with Gasteiger partial charge in [0.1, 0.15) is 0 Å². The zero-order valence-corrected chi connectivity index (χ0v) is 9.80. The monoisotopic (exact) mass is 223 g/mol. The van der Waals surface area contributed by atoms with Crippen molar-refractivity contribution in [2.45, 2.75) is 0 Å². The van der Waals surface area contributed by atoms with Crippen molar-refractivity contribution in [3.05, 3.63) is 35.7 Å². The van der Waals surface area contributed by atoms with Gasteiger partial charge in [0.2, 0.25) is 0 Å². The van der Waals surface area contributed by atoms with Crippen molar-refractivity contribution in [2.24, 2.45) is 0 Å². The summed E-state index contributed by atoms with van der Waals surface area (Å²) in [5.41, 5.74) is 2.11. The normalized spacial score (nSPS) is 18.2. The van der Waals surface area contributed by atoms with E-state index in [4.69, 9.17) is 11.6 Å². The first kappa shape index (κ1) is 10.8. The molecule has 1 saturated heterocycles. The molecule has 2 nitrogen and oxygen atoms in total. The lowest BCUT2D eigenvalue weighted by Crippen LogP contribution is -2.44. The van der Waals surface area contributed by atoms with E-state index in [1.54, 1.807) is 0 Å². The highest BCUT2D eigenvalue weighted by molar-refractivity contribution is 6.31. The van der Waals surface area contributed by atoms with Crippen LogP contribution < -0.4 is 4.90 Å². The number of hydrogen-bond donors (Lipinski definition) is 0. The number of halogens is 1. The number of rotatable bonds is 1. The Morgan fingerprint density at radius 2 is 1.87 bits per heavy atom. The molecule has 0 amide bonds. The van der Waals surface area contributed by atoms with Gasteiger partial charge in [-0.15, -0.1) is 0 Å². The Bertz CT molecular complexity index is 343. The quantitative estimate of drug-likeness (QED) is 0.721. The molecule has 1 radical (unpaired) electrons. The Morgan fingerprint density at radius 1 is 1.20 bits per heavy atom. The van der Waals surface area contributed by atoms with Crippen molar-refractivity contribution in [3.63, 3.8) is 0 Å². The smallest absolute Gasteiger partial charge is 0.0458 e. The van der Waals surface area contributed by atoms with E-state index in [2.05, 4.69) is 29.8 Å². The predicted octanol–water partition coefficient (Wildman–Crippen LogP) is 2.27. The highest BCUT2D eigenvalue weighted by Gasteiger charge is 2.14. The first-order chi connectivity index (χ1) is 7.16. The van der Waals surface area contributed by atoms with Crippen LogP contribution in [-0.2, 0) is 0 Å². The number of hydrogen-bond acceptors (Lipinski definition) is 2. The summed E-state index contributed by atoms with van der Waals surface area (Å²) in [6.45, 7) is 8.23. The molecule has 1 aliphatic heterocycles. The number of nitrogens with zero attached hydrogens (tertiary/aromatic N) is 2. The molecule has 0 spiro atoms. The number of likely N-dealkylation sites (N-methyl/N-ethyl adjacent to an activating group) is 1. The van der Waals surface area contributed by atoms with Crippen LogP contribution in [0.1, 0.15) is 5.56 Å². The van der Waals surface area contributed by atoms with Crippen molar-refractivity contribution < 1.29 is 0 Å². The fourth-order valence-electron chi connectivity index (χ4n) is 1.80. The topological polar surface area (TPSA) is 6.48 Å². The fourth-order valence-corrected chi connectivity index (χ4v) is 1.97. The molecule has 0 aromatic heterocycles. The van der Waals surface area contributed by atoms with Crippen LogP contribution in [-0.4, -0.2) is 38.1 Å². The molecule has 1 fully saturated rings. The first-order valence-electron chi connectivity index (χ1n) is 5.22. The summed E-state index contributed by atoms with van der Waals surface area (Å²) in [5, 5.41) is 0.756. The summed E-state index contributed by atoms with van der Waals surface area (Å²) < 4.78 is 0. The van der Waals surface area contributed by atoms with E-state index in [1.165, 1.54) is 5.69 Å². The predicted molar refractivity (Wildman–Crippen MR) is 65.6 cm³/mol. The van der Waals surface area contributed by atoms with Crippen LogP contribution in [0.25, 0.3) is 0 Å². The maximum atomic E-state index is 6.06. The Labute approximate surface area is 96.4 Å². The molecule has 0 saturated carbocycles. The standard InChI is InChI=1S/C12H16ClN2/c1-10-3-4-11(9-12(10)13)15-7-5-14(2)6-8-15/h3-4,9H,1,5-8H2,2H3. The molecule has 0 N–H and O–H groups in total. The second-order valence-corrected chi connectivity index (χ2v) is 4.47. The molecular weight excluding hydrogens is 208 g/mol. The van der Waals surface area contributed by atoms with Gasteiger partial charge in [-0.3, -0.25) is 0 Å². The van der Waals surface area contributed by atoms with Crippen LogP contribution in [0.5, 0.6) is 0 Å². The van der Waals surface area contributed by atoms with Gasteiger partial charge >= 0.3 is 0 Å². The minimum atomic E-state index is 0.756. The Hall–Kier alpha value is -0.730. The average molecular weight is 224 g/mol. The molecule has 1 heterocycles. The Kier molecular flexibility index (Phi) is 3.17. The van der Waals surface area contributed by atoms with Crippen LogP contribution in [0.4, 0.5) is 5.69 Å². The van der Waals surface area contributed by atoms with Gasteiger partial charge in [-0.25, -0.2) is 0 Å². The summed E-state index contributed by atoms with van der Waals surface area (Å²) in [4.78, 5) is 4.71. The molecule has 2 rings (SSSR count). The fraction of sp³-hybridized carbons (Fsp3) is 0.417. The summed E-state index contributed by atoms with van der Waals surface area (Å²) in [7, 11) is 2.16. The molecule has 0 unspecified atom stereocenters. The highest BCUT2D eigenvalue weighted by atomic mass is 35.5. The van der Waals surface area contributed by atoms with Crippen molar-refractivity contribution in [3.8, 4) is 0 Å². The van der Waals surface area contributed by atoms with Gasteiger partial charge in [-0.05, 0) is 31.7 Å². The summed E-state index contributed by atoms with van der Waals surface area (Å²) in [6.07, 6.45) is 0. The Balaban J connectivity index is 2.12. The van der Waals surface area contributed by atoms with Gasteiger partial charge < -0.3 is 9.80 Å². The van der Waals surface area contributed by atoms with E-state index >= 15 is 0 Å². The van der Waals surface area contributed by atoms with E-state index in [0.717, 1.165) is 36.8 Å².